The molecule has 0 atom stereocenters. The molecule has 1 rings (SSSR count). The fourth-order valence-corrected chi connectivity index (χ4v) is 1.21. The maximum Gasteiger partial charge on any atom is 0.337 e. The van der Waals surface area contributed by atoms with Crippen molar-refractivity contribution < 1.29 is 14.7 Å². The Labute approximate surface area is 79.9 Å². The molecule has 0 fully saturated rings. The number of hydrogen-bond acceptors (Lipinski definition) is 2. The van der Waals surface area contributed by atoms with E-state index in [1.165, 1.54) is 6.07 Å². The maximum atomic E-state index is 10.6. The van der Waals surface area contributed by atoms with E-state index in [1.54, 1.807) is 13.0 Å². The van der Waals surface area contributed by atoms with Crippen LogP contribution in [-0.4, -0.2) is 17.4 Å². The minimum absolute atomic E-state index is 0.0382. The van der Waals surface area contributed by atoms with Gasteiger partial charge in [-0.15, -0.1) is 0 Å². The summed E-state index contributed by atoms with van der Waals surface area (Å²) >= 11 is 5.72. The Morgan fingerprint density at radius 3 is 2.62 bits per heavy atom. The first kappa shape index (κ1) is 9.74. The van der Waals surface area contributed by atoms with Crippen LogP contribution in [0.2, 0.25) is 5.02 Å². The Morgan fingerprint density at radius 1 is 1.54 bits per heavy atom. The number of aromatic carboxylic acids is 1. The van der Waals surface area contributed by atoms with Crippen LogP contribution in [0, 0.1) is 6.92 Å². The summed E-state index contributed by atoms with van der Waals surface area (Å²) in [6.45, 7) is 1.65. The zero-order valence-electron chi connectivity index (χ0n) is 6.87. The second-order valence-electron chi connectivity index (χ2n) is 2.62. The molecular weight excluding hydrogens is 192 g/mol. The summed E-state index contributed by atoms with van der Waals surface area (Å²) in [6, 6.07) is 2.80. The first-order valence-electron chi connectivity index (χ1n) is 3.55. The van der Waals surface area contributed by atoms with Crippen molar-refractivity contribution in [3.05, 3.63) is 33.8 Å². The van der Waals surface area contributed by atoms with Gasteiger partial charge in [-0.2, -0.15) is 0 Å². The molecule has 0 aliphatic rings. The van der Waals surface area contributed by atoms with Gasteiger partial charge in [-0.1, -0.05) is 11.6 Å². The second-order valence-corrected chi connectivity index (χ2v) is 3.00. The number of carbonyl (C=O) groups is 2. The molecule has 0 radical (unpaired) electrons. The van der Waals surface area contributed by atoms with Gasteiger partial charge in [-0.25, -0.2) is 4.79 Å². The Morgan fingerprint density at radius 2 is 2.15 bits per heavy atom. The third kappa shape index (κ3) is 1.87. The number of carboxylic acid groups (broad SMARTS) is 1. The van der Waals surface area contributed by atoms with Gasteiger partial charge in [0, 0.05) is 5.56 Å². The van der Waals surface area contributed by atoms with E-state index in [0.717, 1.165) is 0 Å². The molecule has 4 heteroatoms. The van der Waals surface area contributed by atoms with E-state index < -0.39 is 5.97 Å². The second kappa shape index (κ2) is 3.58. The summed E-state index contributed by atoms with van der Waals surface area (Å²) < 4.78 is 0. The molecule has 1 aromatic carbocycles. The minimum Gasteiger partial charge on any atom is -0.478 e. The van der Waals surface area contributed by atoms with Crippen LogP contribution in [0.5, 0.6) is 0 Å². The molecule has 1 aromatic rings. The van der Waals surface area contributed by atoms with Gasteiger partial charge in [0.15, 0.2) is 0 Å². The summed E-state index contributed by atoms with van der Waals surface area (Å²) in [6.07, 6.45) is 0.593. The number of hydrogen-bond donors (Lipinski definition) is 1. The van der Waals surface area contributed by atoms with Gasteiger partial charge in [0.05, 0.1) is 10.6 Å². The number of halogens is 1. The predicted octanol–water partition coefficient (Wildman–Crippen LogP) is 2.16. The Kier molecular flexibility index (Phi) is 2.68. The topological polar surface area (TPSA) is 54.4 Å². The quantitative estimate of drug-likeness (QED) is 0.741. The van der Waals surface area contributed by atoms with Gasteiger partial charge in [0.1, 0.15) is 6.29 Å². The normalized spacial score (nSPS) is 9.69. The van der Waals surface area contributed by atoms with Crippen molar-refractivity contribution in [2.24, 2.45) is 0 Å². The molecule has 0 saturated heterocycles. The summed E-state index contributed by atoms with van der Waals surface area (Å²) in [5.41, 5.74) is 0.867. The molecule has 0 aromatic heterocycles. The Bertz CT molecular complexity index is 371. The highest BCUT2D eigenvalue weighted by Gasteiger charge is 2.11. The van der Waals surface area contributed by atoms with Gasteiger partial charge in [0.2, 0.25) is 0 Å². The molecule has 0 aliphatic carbocycles. The van der Waals surface area contributed by atoms with Gasteiger partial charge >= 0.3 is 5.97 Å². The SMILES string of the molecule is Cc1cc(C=O)cc(C(=O)O)c1Cl. The predicted molar refractivity (Wildman–Crippen MR) is 48.5 cm³/mol. The Balaban J connectivity index is 3.41. The van der Waals surface area contributed by atoms with E-state index in [1.807, 2.05) is 0 Å². The molecule has 1 N–H and O–H groups in total. The smallest absolute Gasteiger partial charge is 0.337 e. The molecule has 0 aliphatic heterocycles. The van der Waals surface area contributed by atoms with Crippen LogP contribution in [-0.2, 0) is 0 Å². The molecular formula is C9H7ClO3. The summed E-state index contributed by atoms with van der Waals surface area (Å²) in [7, 11) is 0. The number of carboxylic acids is 1. The molecule has 0 amide bonds. The van der Waals surface area contributed by atoms with Crippen LogP contribution in [0.4, 0.5) is 0 Å². The van der Waals surface area contributed by atoms with Crippen LogP contribution in [0.25, 0.3) is 0 Å². The van der Waals surface area contributed by atoms with Gasteiger partial charge < -0.3 is 5.11 Å². The number of carbonyl (C=O) groups excluding carboxylic acids is 1. The first-order chi connectivity index (χ1) is 6.06. The van der Waals surface area contributed by atoms with Crippen molar-refractivity contribution in [1.82, 2.24) is 0 Å². The monoisotopic (exact) mass is 198 g/mol. The van der Waals surface area contributed by atoms with Crippen LogP contribution in [0.3, 0.4) is 0 Å². The summed E-state index contributed by atoms with van der Waals surface area (Å²) in [5, 5.41) is 8.89. The fraction of sp³-hybridized carbons (Fsp3) is 0.111. The molecule has 68 valence electrons. The minimum atomic E-state index is -1.13. The van der Waals surface area contributed by atoms with E-state index in [2.05, 4.69) is 0 Å². The van der Waals surface area contributed by atoms with Crippen molar-refractivity contribution in [1.29, 1.82) is 0 Å². The zero-order valence-corrected chi connectivity index (χ0v) is 7.63. The van der Waals surface area contributed by atoms with Crippen molar-refractivity contribution in [2.45, 2.75) is 6.92 Å². The molecule has 3 nitrogen and oxygen atoms in total. The third-order valence-corrected chi connectivity index (χ3v) is 2.15. The number of rotatable bonds is 2. The van der Waals surface area contributed by atoms with Crippen LogP contribution < -0.4 is 0 Å². The number of benzene rings is 1. The maximum absolute atomic E-state index is 10.6. The highest BCUT2D eigenvalue weighted by molar-refractivity contribution is 6.34. The molecule has 0 unspecified atom stereocenters. The van der Waals surface area contributed by atoms with Gasteiger partial charge in [-0.05, 0) is 24.6 Å². The highest BCUT2D eigenvalue weighted by Crippen LogP contribution is 2.21. The largest absolute Gasteiger partial charge is 0.478 e. The molecule has 0 bridgehead atoms. The number of aryl methyl sites for hydroxylation is 1. The average molecular weight is 199 g/mol. The van der Waals surface area contributed by atoms with Crippen molar-refractivity contribution in [3.8, 4) is 0 Å². The van der Waals surface area contributed by atoms with E-state index in [-0.39, 0.29) is 10.6 Å². The van der Waals surface area contributed by atoms with Crippen molar-refractivity contribution >= 4 is 23.9 Å². The van der Waals surface area contributed by atoms with Crippen LogP contribution in [0.15, 0.2) is 12.1 Å². The van der Waals surface area contributed by atoms with Gasteiger partial charge in [-0.3, -0.25) is 4.79 Å². The first-order valence-corrected chi connectivity index (χ1v) is 3.92. The molecule has 0 saturated carbocycles. The van der Waals surface area contributed by atoms with E-state index in [0.29, 0.717) is 17.4 Å². The Hall–Kier alpha value is -1.35. The summed E-state index contributed by atoms with van der Waals surface area (Å²) in [4.78, 5) is 21.1. The van der Waals surface area contributed by atoms with E-state index >= 15 is 0 Å². The number of aldehydes is 1. The lowest BCUT2D eigenvalue weighted by Crippen LogP contribution is -2.00. The average Bonchev–Trinajstić information content (AvgIpc) is 2.09. The molecule has 0 spiro atoms. The summed E-state index contributed by atoms with van der Waals surface area (Å²) in [5.74, 6) is -1.13. The van der Waals surface area contributed by atoms with Gasteiger partial charge in [0.25, 0.3) is 0 Å². The van der Waals surface area contributed by atoms with E-state index in [4.69, 9.17) is 16.7 Å². The molecule has 13 heavy (non-hydrogen) atoms. The lowest BCUT2D eigenvalue weighted by molar-refractivity contribution is 0.0697. The molecule has 0 heterocycles. The van der Waals surface area contributed by atoms with Crippen LogP contribution >= 0.6 is 11.6 Å². The van der Waals surface area contributed by atoms with Crippen LogP contribution in [0.1, 0.15) is 26.3 Å². The van der Waals surface area contributed by atoms with Crippen molar-refractivity contribution in [2.75, 3.05) is 0 Å². The standard InChI is InChI=1S/C9H7ClO3/c1-5-2-6(4-11)3-7(8(5)10)9(12)13/h2-4H,1H3,(H,12,13). The lowest BCUT2D eigenvalue weighted by Gasteiger charge is -2.03. The fourth-order valence-electron chi connectivity index (χ4n) is 1.02. The zero-order chi connectivity index (χ0) is 10.0. The van der Waals surface area contributed by atoms with E-state index in [9.17, 15) is 9.59 Å². The van der Waals surface area contributed by atoms with Crippen molar-refractivity contribution in [3.63, 3.8) is 0 Å². The lowest BCUT2D eigenvalue weighted by atomic mass is 10.1. The highest BCUT2D eigenvalue weighted by atomic mass is 35.5. The third-order valence-electron chi connectivity index (χ3n) is 1.64.